The molecule has 0 aliphatic rings. The third-order valence-electron chi connectivity index (χ3n) is 4.86. The molecule has 29 heavy (non-hydrogen) atoms. The number of nitrogens with zero attached hydrogens (tertiary/aromatic N) is 5. The molecule has 8 heteroatoms. The van der Waals surface area contributed by atoms with Crippen LogP contribution in [0.2, 0.25) is 0 Å². The van der Waals surface area contributed by atoms with E-state index in [2.05, 4.69) is 25.6 Å². The summed E-state index contributed by atoms with van der Waals surface area (Å²) in [7, 11) is 0. The van der Waals surface area contributed by atoms with Crippen molar-refractivity contribution >= 4 is 16.9 Å². The highest BCUT2D eigenvalue weighted by molar-refractivity contribution is 6.06. The fourth-order valence-corrected chi connectivity index (χ4v) is 3.32. The topological polar surface area (TPSA) is 101 Å². The first-order valence-corrected chi connectivity index (χ1v) is 9.72. The van der Waals surface area contributed by atoms with Crippen molar-refractivity contribution in [2.45, 2.75) is 39.8 Å². The first-order valence-electron chi connectivity index (χ1n) is 9.72. The lowest BCUT2D eigenvalue weighted by Crippen LogP contribution is -2.29. The van der Waals surface area contributed by atoms with Gasteiger partial charge in [-0.2, -0.15) is 10.2 Å². The molecule has 0 saturated carbocycles. The van der Waals surface area contributed by atoms with Crippen LogP contribution in [0.25, 0.3) is 22.3 Å². The van der Waals surface area contributed by atoms with Gasteiger partial charge in [-0.15, -0.1) is 0 Å². The minimum Gasteiger partial charge on any atom is -0.342 e. The van der Waals surface area contributed by atoms with Crippen LogP contribution in [0.4, 0.5) is 0 Å². The molecule has 0 saturated heterocycles. The van der Waals surface area contributed by atoms with E-state index in [1.165, 1.54) is 0 Å². The number of carbonyl (C=O) groups excluding carboxylic acids is 1. The summed E-state index contributed by atoms with van der Waals surface area (Å²) >= 11 is 0. The highest BCUT2D eigenvalue weighted by Crippen LogP contribution is 2.25. The van der Waals surface area contributed by atoms with Crippen molar-refractivity contribution in [3.63, 3.8) is 0 Å². The Balaban J connectivity index is 1.77. The quantitative estimate of drug-likeness (QED) is 0.526. The Labute approximate surface area is 168 Å². The molecule has 3 heterocycles. The maximum atomic E-state index is 13.2. The maximum Gasteiger partial charge on any atom is 0.252 e. The van der Waals surface area contributed by atoms with E-state index in [1.54, 1.807) is 10.9 Å². The van der Waals surface area contributed by atoms with Crippen molar-refractivity contribution in [3.05, 3.63) is 59.8 Å². The van der Waals surface area contributed by atoms with Gasteiger partial charge in [-0.3, -0.25) is 9.89 Å². The normalized spacial score (nSPS) is 12.2. The number of aryl methyl sites for hydroxylation is 2. The number of aromatic nitrogens is 6. The van der Waals surface area contributed by atoms with Gasteiger partial charge in [0.2, 0.25) is 0 Å². The van der Waals surface area contributed by atoms with Crippen molar-refractivity contribution < 1.29 is 4.79 Å². The number of amides is 1. The molecule has 3 aromatic heterocycles. The Hall–Kier alpha value is -3.55. The van der Waals surface area contributed by atoms with Crippen molar-refractivity contribution in [1.82, 2.24) is 35.3 Å². The summed E-state index contributed by atoms with van der Waals surface area (Å²) in [6.45, 7) is 6.50. The Morgan fingerprint density at radius 1 is 1.21 bits per heavy atom. The average Bonchev–Trinajstić information content (AvgIpc) is 3.37. The van der Waals surface area contributed by atoms with E-state index in [4.69, 9.17) is 4.98 Å². The second-order valence-corrected chi connectivity index (χ2v) is 6.83. The fraction of sp³-hybridized carbons (Fsp3) is 0.286. The molecule has 1 atom stereocenters. The Morgan fingerprint density at radius 3 is 2.66 bits per heavy atom. The second kappa shape index (κ2) is 7.83. The van der Waals surface area contributed by atoms with Gasteiger partial charge in [0.25, 0.3) is 5.91 Å². The van der Waals surface area contributed by atoms with Gasteiger partial charge >= 0.3 is 0 Å². The third-order valence-corrected chi connectivity index (χ3v) is 4.86. The minimum atomic E-state index is -0.280. The smallest absolute Gasteiger partial charge is 0.252 e. The van der Waals surface area contributed by atoms with Crippen LogP contribution < -0.4 is 5.32 Å². The first-order chi connectivity index (χ1) is 14.1. The number of hydrogen-bond donors (Lipinski definition) is 2. The molecule has 2 N–H and O–H groups in total. The van der Waals surface area contributed by atoms with Gasteiger partial charge in [-0.25, -0.2) is 14.6 Å². The predicted octanol–water partition coefficient (Wildman–Crippen LogP) is 3.43. The van der Waals surface area contributed by atoms with E-state index in [-0.39, 0.29) is 11.9 Å². The van der Waals surface area contributed by atoms with Crippen LogP contribution in [-0.2, 0) is 6.54 Å². The summed E-state index contributed by atoms with van der Waals surface area (Å²) in [5, 5.41) is 15.2. The zero-order chi connectivity index (χ0) is 20.4. The Morgan fingerprint density at radius 2 is 2.00 bits per heavy atom. The summed E-state index contributed by atoms with van der Waals surface area (Å²) in [6, 6.07) is 11.4. The molecule has 0 aliphatic heterocycles. The number of nitrogens with one attached hydrogen (secondary N) is 2. The minimum absolute atomic E-state index is 0.195. The number of H-pyrrole nitrogens is 1. The lowest BCUT2D eigenvalue weighted by Gasteiger charge is -2.15. The van der Waals surface area contributed by atoms with Crippen LogP contribution >= 0.6 is 0 Å². The molecular weight excluding hydrogens is 366 g/mol. The number of rotatable bonds is 6. The molecule has 148 valence electrons. The SMILES string of the molecule is CC[C@H](NC(=O)c1cc(-c2ccccc2)nc2c1cnn2CC)c1n[nH]c(C)n1. The van der Waals surface area contributed by atoms with Crippen LogP contribution in [-0.4, -0.2) is 35.9 Å². The molecule has 4 aromatic rings. The van der Waals surface area contributed by atoms with E-state index >= 15 is 0 Å². The molecule has 0 spiro atoms. The lowest BCUT2D eigenvalue weighted by molar-refractivity contribution is 0.0935. The largest absolute Gasteiger partial charge is 0.342 e. The number of pyridine rings is 1. The molecule has 0 fully saturated rings. The van der Waals surface area contributed by atoms with Gasteiger partial charge in [0, 0.05) is 12.1 Å². The zero-order valence-corrected chi connectivity index (χ0v) is 16.7. The number of aromatic amines is 1. The van der Waals surface area contributed by atoms with Crippen LogP contribution in [0.5, 0.6) is 0 Å². The van der Waals surface area contributed by atoms with Crippen molar-refractivity contribution in [3.8, 4) is 11.3 Å². The molecule has 1 amide bonds. The number of benzene rings is 1. The zero-order valence-electron chi connectivity index (χ0n) is 16.7. The van der Waals surface area contributed by atoms with Gasteiger partial charge in [-0.05, 0) is 26.3 Å². The van der Waals surface area contributed by atoms with Crippen molar-refractivity contribution in [1.29, 1.82) is 0 Å². The van der Waals surface area contributed by atoms with Gasteiger partial charge in [-0.1, -0.05) is 37.3 Å². The summed E-state index contributed by atoms with van der Waals surface area (Å²) in [4.78, 5) is 22.4. The summed E-state index contributed by atoms with van der Waals surface area (Å²) in [5.41, 5.74) is 2.92. The summed E-state index contributed by atoms with van der Waals surface area (Å²) in [6.07, 6.45) is 2.38. The molecular formula is C21H23N7O. The molecule has 0 radical (unpaired) electrons. The van der Waals surface area contributed by atoms with Gasteiger partial charge in [0.15, 0.2) is 11.5 Å². The van der Waals surface area contributed by atoms with Crippen LogP contribution in [0.15, 0.2) is 42.6 Å². The molecule has 0 aliphatic carbocycles. The van der Waals surface area contributed by atoms with E-state index in [0.717, 1.165) is 22.5 Å². The van der Waals surface area contributed by atoms with E-state index in [9.17, 15) is 4.79 Å². The number of carbonyl (C=O) groups is 1. The number of fused-ring (bicyclic) bond motifs is 1. The third kappa shape index (κ3) is 3.61. The van der Waals surface area contributed by atoms with Crippen LogP contribution in [0.3, 0.4) is 0 Å². The van der Waals surface area contributed by atoms with Gasteiger partial charge < -0.3 is 5.32 Å². The predicted molar refractivity (Wildman–Crippen MR) is 110 cm³/mol. The van der Waals surface area contributed by atoms with Crippen molar-refractivity contribution in [2.24, 2.45) is 0 Å². The molecule has 4 rings (SSSR count). The monoisotopic (exact) mass is 389 g/mol. The van der Waals surface area contributed by atoms with Gasteiger partial charge in [0.05, 0.1) is 28.9 Å². The molecule has 1 aromatic carbocycles. The second-order valence-electron chi connectivity index (χ2n) is 6.83. The van der Waals surface area contributed by atoms with Crippen LogP contribution in [0, 0.1) is 6.92 Å². The van der Waals surface area contributed by atoms with Crippen molar-refractivity contribution in [2.75, 3.05) is 0 Å². The van der Waals surface area contributed by atoms with Gasteiger partial charge in [0.1, 0.15) is 5.82 Å². The molecule has 0 bridgehead atoms. The van der Waals surface area contributed by atoms with E-state index in [0.29, 0.717) is 30.0 Å². The Kier molecular flexibility index (Phi) is 5.07. The molecule has 8 nitrogen and oxygen atoms in total. The average molecular weight is 389 g/mol. The van der Waals surface area contributed by atoms with E-state index < -0.39 is 0 Å². The Bertz CT molecular complexity index is 1150. The standard InChI is InChI=1S/C21H23N7O/c1-4-17(19-23-13(3)26-27-19)25-21(29)15-11-18(14-9-7-6-8-10-14)24-20-16(15)12-22-28(20)5-2/h6-12,17H,4-5H2,1-3H3,(H,25,29)(H,23,26,27)/t17-/m0/s1. The first kappa shape index (κ1) is 18.8. The highest BCUT2D eigenvalue weighted by Gasteiger charge is 2.22. The molecule has 0 unspecified atom stereocenters. The summed E-state index contributed by atoms with van der Waals surface area (Å²) in [5.74, 6) is 1.10. The highest BCUT2D eigenvalue weighted by atomic mass is 16.1. The maximum absolute atomic E-state index is 13.2. The van der Waals surface area contributed by atoms with E-state index in [1.807, 2.05) is 57.2 Å². The van der Waals surface area contributed by atoms with Crippen LogP contribution in [0.1, 0.15) is 48.3 Å². The summed E-state index contributed by atoms with van der Waals surface area (Å²) < 4.78 is 1.80. The lowest BCUT2D eigenvalue weighted by atomic mass is 10.1. The fourth-order valence-electron chi connectivity index (χ4n) is 3.32. The number of hydrogen-bond acceptors (Lipinski definition) is 5.